The summed E-state index contributed by atoms with van der Waals surface area (Å²) in [5.41, 5.74) is 2.90. The molecule has 2 aliphatic rings. The van der Waals surface area contributed by atoms with Crippen LogP contribution in [0, 0.1) is 5.92 Å². The van der Waals surface area contributed by atoms with E-state index in [4.69, 9.17) is 13.9 Å². The Morgan fingerprint density at radius 2 is 2.03 bits per heavy atom. The number of nitrogens with zero attached hydrogens (tertiary/aromatic N) is 1. The van der Waals surface area contributed by atoms with Crippen LogP contribution in [0.4, 0.5) is 5.69 Å². The molecule has 35 heavy (non-hydrogen) atoms. The SMILES string of the molecule is COc1ccc([C@H]2CNC(=O)[C@@H](Cc3nc4c(NC(C)=O)cccc4o3)C2)cc1OC1CCCC1. The van der Waals surface area contributed by atoms with E-state index in [1.54, 1.807) is 19.2 Å². The first kappa shape index (κ1) is 23.2. The number of hydrogen-bond donors (Lipinski definition) is 2. The molecule has 2 atom stereocenters. The van der Waals surface area contributed by atoms with Gasteiger partial charge in [-0.2, -0.15) is 0 Å². The Morgan fingerprint density at radius 3 is 2.80 bits per heavy atom. The van der Waals surface area contributed by atoms with Gasteiger partial charge in [0.05, 0.1) is 18.9 Å². The van der Waals surface area contributed by atoms with Crippen LogP contribution in [-0.4, -0.2) is 36.6 Å². The Labute approximate surface area is 204 Å². The highest BCUT2D eigenvalue weighted by Gasteiger charge is 2.32. The van der Waals surface area contributed by atoms with E-state index in [2.05, 4.69) is 27.8 Å². The van der Waals surface area contributed by atoms with Gasteiger partial charge < -0.3 is 24.5 Å². The van der Waals surface area contributed by atoms with Crippen LogP contribution in [0.2, 0.25) is 0 Å². The number of methoxy groups -OCH3 is 1. The highest BCUT2D eigenvalue weighted by molar-refractivity contribution is 5.97. The number of piperidine rings is 1. The van der Waals surface area contributed by atoms with Crippen molar-refractivity contribution >= 4 is 28.6 Å². The topological polar surface area (TPSA) is 103 Å². The number of carbonyl (C=O) groups excluding carboxylic acids is 2. The lowest BCUT2D eigenvalue weighted by molar-refractivity contribution is -0.127. The summed E-state index contributed by atoms with van der Waals surface area (Å²) in [6.07, 6.45) is 5.85. The largest absolute Gasteiger partial charge is 0.493 e. The monoisotopic (exact) mass is 477 g/mol. The molecule has 0 unspecified atom stereocenters. The van der Waals surface area contributed by atoms with Crippen molar-refractivity contribution in [3.63, 3.8) is 0 Å². The summed E-state index contributed by atoms with van der Waals surface area (Å²) in [4.78, 5) is 28.8. The van der Waals surface area contributed by atoms with Gasteiger partial charge in [0.2, 0.25) is 11.8 Å². The Kier molecular flexibility index (Phi) is 6.61. The second-order valence-corrected chi connectivity index (χ2v) is 9.45. The highest BCUT2D eigenvalue weighted by atomic mass is 16.5. The predicted octanol–water partition coefficient (Wildman–Crippen LogP) is 4.58. The maximum atomic E-state index is 12.7. The van der Waals surface area contributed by atoms with Gasteiger partial charge in [-0.25, -0.2) is 4.98 Å². The number of aromatic nitrogens is 1. The number of hydrogen-bond acceptors (Lipinski definition) is 6. The van der Waals surface area contributed by atoms with Crippen molar-refractivity contribution in [1.82, 2.24) is 10.3 Å². The molecule has 1 saturated carbocycles. The Morgan fingerprint density at radius 1 is 1.20 bits per heavy atom. The third kappa shape index (κ3) is 5.11. The molecular weight excluding hydrogens is 446 g/mol. The van der Waals surface area contributed by atoms with Crippen molar-refractivity contribution in [2.24, 2.45) is 5.92 Å². The summed E-state index contributed by atoms with van der Waals surface area (Å²) in [5, 5.41) is 5.84. The van der Waals surface area contributed by atoms with Gasteiger partial charge in [-0.05, 0) is 61.9 Å². The van der Waals surface area contributed by atoms with E-state index in [1.807, 2.05) is 12.1 Å². The minimum Gasteiger partial charge on any atom is -0.493 e. The van der Waals surface area contributed by atoms with E-state index in [-0.39, 0.29) is 29.8 Å². The summed E-state index contributed by atoms with van der Waals surface area (Å²) in [6.45, 7) is 2.03. The number of nitrogens with one attached hydrogen (secondary N) is 2. The normalized spacial score (nSPS) is 20.6. The standard InChI is InChI=1S/C27H31N3O5/c1-16(31)29-21-8-5-9-23-26(21)30-25(35-23)14-18-12-19(15-28-27(18)32)17-10-11-22(33-2)24(13-17)34-20-6-3-4-7-20/h5,8-11,13,18-20H,3-4,6-7,12,14-15H2,1-2H3,(H,28,32)(H,29,31)/t18-,19-/m1/s1. The number of oxazole rings is 1. The van der Waals surface area contributed by atoms with E-state index in [0.29, 0.717) is 42.1 Å². The second kappa shape index (κ2) is 9.98. The molecule has 8 nitrogen and oxygen atoms in total. The van der Waals surface area contributed by atoms with Crippen LogP contribution in [0.15, 0.2) is 40.8 Å². The molecule has 0 radical (unpaired) electrons. The van der Waals surface area contributed by atoms with Gasteiger partial charge in [0.25, 0.3) is 0 Å². The fourth-order valence-electron chi connectivity index (χ4n) is 5.14. The van der Waals surface area contributed by atoms with E-state index < -0.39 is 0 Å². The Bertz CT molecular complexity index is 1230. The van der Waals surface area contributed by atoms with Crippen LogP contribution in [0.25, 0.3) is 11.1 Å². The molecule has 2 aromatic carbocycles. The lowest BCUT2D eigenvalue weighted by Gasteiger charge is -2.29. The van der Waals surface area contributed by atoms with Gasteiger partial charge in [0, 0.05) is 31.7 Å². The summed E-state index contributed by atoms with van der Waals surface area (Å²) in [5.74, 6) is 1.70. The third-order valence-electron chi connectivity index (χ3n) is 6.91. The highest BCUT2D eigenvalue weighted by Crippen LogP contribution is 2.37. The maximum absolute atomic E-state index is 12.7. The van der Waals surface area contributed by atoms with Crippen LogP contribution in [-0.2, 0) is 16.0 Å². The van der Waals surface area contributed by atoms with Crippen molar-refractivity contribution in [3.8, 4) is 11.5 Å². The lowest BCUT2D eigenvalue weighted by Crippen LogP contribution is -2.41. The van der Waals surface area contributed by atoms with Gasteiger partial charge in [0.1, 0.15) is 5.52 Å². The number of amides is 2. The molecule has 2 fully saturated rings. The average Bonchev–Trinajstić information content (AvgIpc) is 3.50. The third-order valence-corrected chi connectivity index (χ3v) is 6.91. The van der Waals surface area contributed by atoms with Crippen LogP contribution in [0.5, 0.6) is 11.5 Å². The molecule has 2 N–H and O–H groups in total. The molecule has 184 valence electrons. The quantitative estimate of drug-likeness (QED) is 0.516. The zero-order chi connectivity index (χ0) is 24.4. The minimum absolute atomic E-state index is 0.00142. The van der Waals surface area contributed by atoms with Crippen molar-refractivity contribution in [2.45, 2.75) is 57.5 Å². The molecule has 5 rings (SSSR count). The van der Waals surface area contributed by atoms with E-state index >= 15 is 0 Å². The fourth-order valence-corrected chi connectivity index (χ4v) is 5.14. The van der Waals surface area contributed by atoms with E-state index in [9.17, 15) is 9.59 Å². The molecule has 1 aliphatic heterocycles. The molecule has 3 aromatic rings. The van der Waals surface area contributed by atoms with Gasteiger partial charge in [0.15, 0.2) is 23.0 Å². The fraction of sp³-hybridized carbons (Fsp3) is 0.444. The first-order valence-corrected chi connectivity index (χ1v) is 12.3. The van der Waals surface area contributed by atoms with Crippen molar-refractivity contribution in [3.05, 3.63) is 47.9 Å². The smallest absolute Gasteiger partial charge is 0.223 e. The van der Waals surface area contributed by atoms with Crippen molar-refractivity contribution in [1.29, 1.82) is 0 Å². The zero-order valence-corrected chi connectivity index (χ0v) is 20.1. The summed E-state index contributed by atoms with van der Waals surface area (Å²) < 4.78 is 17.7. The predicted molar refractivity (Wildman–Crippen MR) is 132 cm³/mol. The Hall–Kier alpha value is -3.55. The number of ether oxygens (including phenoxy) is 2. The molecule has 8 heteroatoms. The van der Waals surface area contributed by atoms with Gasteiger partial charge in [-0.15, -0.1) is 0 Å². The lowest BCUT2D eigenvalue weighted by atomic mass is 9.83. The number of para-hydroxylation sites is 1. The summed E-state index contributed by atoms with van der Waals surface area (Å²) in [6, 6.07) is 11.5. The molecule has 2 heterocycles. The molecule has 0 bridgehead atoms. The number of anilines is 1. The van der Waals surface area contributed by atoms with Gasteiger partial charge in [-0.3, -0.25) is 9.59 Å². The van der Waals surface area contributed by atoms with E-state index in [0.717, 1.165) is 29.9 Å². The number of rotatable bonds is 7. The number of benzene rings is 2. The van der Waals surface area contributed by atoms with Crippen LogP contribution in [0.1, 0.15) is 56.4 Å². The molecular formula is C27H31N3O5. The first-order valence-electron chi connectivity index (χ1n) is 12.3. The maximum Gasteiger partial charge on any atom is 0.223 e. The molecule has 1 aliphatic carbocycles. The van der Waals surface area contributed by atoms with Crippen molar-refractivity contribution < 1.29 is 23.5 Å². The molecule has 1 saturated heterocycles. The molecule has 0 spiro atoms. The zero-order valence-electron chi connectivity index (χ0n) is 20.1. The summed E-state index contributed by atoms with van der Waals surface area (Å²) >= 11 is 0. The summed E-state index contributed by atoms with van der Waals surface area (Å²) in [7, 11) is 1.66. The minimum atomic E-state index is -0.271. The van der Waals surface area contributed by atoms with Crippen LogP contribution < -0.4 is 20.1 Å². The van der Waals surface area contributed by atoms with Gasteiger partial charge >= 0.3 is 0 Å². The van der Waals surface area contributed by atoms with Crippen LogP contribution in [0.3, 0.4) is 0 Å². The first-order chi connectivity index (χ1) is 17.0. The van der Waals surface area contributed by atoms with Gasteiger partial charge in [-0.1, -0.05) is 12.1 Å². The molecule has 1 aromatic heterocycles. The number of fused-ring (bicyclic) bond motifs is 1. The van der Waals surface area contributed by atoms with Crippen LogP contribution >= 0.6 is 0 Å². The van der Waals surface area contributed by atoms with Crippen molar-refractivity contribution in [2.75, 3.05) is 19.0 Å². The Balaban J connectivity index is 1.33. The van der Waals surface area contributed by atoms with E-state index in [1.165, 1.54) is 19.8 Å². The molecule has 2 amide bonds. The number of carbonyl (C=O) groups is 2. The second-order valence-electron chi connectivity index (χ2n) is 9.45. The average molecular weight is 478 g/mol.